The van der Waals surface area contributed by atoms with E-state index in [1.807, 2.05) is 53.6 Å². The van der Waals surface area contributed by atoms with Gasteiger partial charge in [0.15, 0.2) is 0 Å². The summed E-state index contributed by atoms with van der Waals surface area (Å²) < 4.78 is 1.85. The van der Waals surface area contributed by atoms with Crippen molar-refractivity contribution in [3.63, 3.8) is 0 Å². The number of likely N-dealkylation sites (N-methyl/N-ethyl adjacent to an activating group) is 1. The van der Waals surface area contributed by atoms with Crippen molar-refractivity contribution >= 4 is 11.8 Å². The third-order valence-electron chi connectivity index (χ3n) is 4.30. The van der Waals surface area contributed by atoms with Crippen molar-refractivity contribution in [1.29, 1.82) is 0 Å². The largest absolute Gasteiger partial charge is 0.347 e. The smallest absolute Gasteiger partial charge is 0.270 e. The number of piperazine rings is 1. The van der Waals surface area contributed by atoms with Crippen LogP contribution >= 0.6 is 0 Å². The molecule has 22 heavy (non-hydrogen) atoms. The SMILES string of the molecule is CCN(CC)C(=O)CN1CCN(C(=O)c2cccn2C)CC1. The second-order valence-corrected chi connectivity index (χ2v) is 5.64. The van der Waals surface area contributed by atoms with Gasteiger partial charge in [0.05, 0.1) is 6.54 Å². The average Bonchev–Trinajstić information content (AvgIpc) is 2.94. The third kappa shape index (κ3) is 3.68. The van der Waals surface area contributed by atoms with E-state index in [1.165, 1.54) is 0 Å². The zero-order valence-corrected chi connectivity index (χ0v) is 13.8. The molecule has 6 nitrogen and oxygen atoms in total. The number of rotatable bonds is 5. The van der Waals surface area contributed by atoms with Gasteiger partial charge in [-0.3, -0.25) is 14.5 Å². The third-order valence-corrected chi connectivity index (χ3v) is 4.30. The summed E-state index contributed by atoms with van der Waals surface area (Å²) in [7, 11) is 1.88. The summed E-state index contributed by atoms with van der Waals surface area (Å²) >= 11 is 0. The predicted octanol–water partition coefficient (Wildman–Crippen LogP) is 0.651. The van der Waals surface area contributed by atoms with Crippen LogP contribution in [0.5, 0.6) is 0 Å². The highest BCUT2D eigenvalue weighted by atomic mass is 16.2. The van der Waals surface area contributed by atoms with Gasteiger partial charge < -0.3 is 14.4 Å². The Morgan fingerprint density at radius 2 is 1.77 bits per heavy atom. The quantitative estimate of drug-likeness (QED) is 0.802. The zero-order valence-electron chi connectivity index (χ0n) is 13.8. The topological polar surface area (TPSA) is 48.8 Å². The minimum atomic E-state index is 0.0715. The lowest BCUT2D eigenvalue weighted by molar-refractivity contribution is -0.132. The second kappa shape index (κ2) is 7.45. The molecule has 0 aliphatic carbocycles. The van der Waals surface area contributed by atoms with Crippen LogP contribution in [0.25, 0.3) is 0 Å². The monoisotopic (exact) mass is 306 g/mol. The summed E-state index contributed by atoms with van der Waals surface area (Å²) in [6, 6.07) is 3.73. The van der Waals surface area contributed by atoms with Crippen LogP contribution in [0.3, 0.4) is 0 Å². The molecule has 1 aliphatic rings. The maximum Gasteiger partial charge on any atom is 0.270 e. The van der Waals surface area contributed by atoms with Gasteiger partial charge in [-0.2, -0.15) is 0 Å². The fourth-order valence-corrected chi connectivity index (χ4v) is 2.82. The van der Waals surface area contributed by atoms with Crippen LogP contribution in [0.4, 0.5) is 0 Å². The molecule has 1 aromatic heterocycles. The molecule has 2 amide bonds. The van der Waals surface area contributed by atoms with Crippen LogP contribution in [0.15, 0.2) is 18.3 Å². The van der Waals surface area contributed by atoms with E-state index in [1.54, 1.807) is 0 Å². The minimum absolute atomic E-state index is 0.0715. The number of aromatic nitrogens is 1. The standard InChI is InChI=1S/C16H26N4O2/c1-4-19(5-2)15(21)13-18-9-11-20(12-10-18)16(22)14-7-6-8-17(14)3/h6-8H,4-5,9-13H2,1-3H3. The van der Waals surface area contributed by atoms with Gasteiger partial charge in [-0.25, -0.2) is 0 Å². The summed E-state index contributed by atoms with van der Waals surface area (Å²) in [6.07, 6.45) is 1.88. The molecule has 0 radical (unpaired) electrons. The van der Waals surface area contributed by atoms with E-state index in [4.69, 9.17) is 0 Å². The van der Waals surface area contributed by atoms with Gasteiger partial charge in [0.2, 0.25) is 5.91 Å². The second-order valence-electron chi connectivity index (χ2n) is 5.64. The molecule has 6 heteroatoms. The zero-order chi connectivity index (χ0) is 16.1. The molecule has 1 aliphatic heterocycles. The molecule has 1 aromatic rings. The van der Waals surface area contributed by atoms with Crippen molar-refractivity contribution in [2.24, 2.45) is 7.05 Å². The van der Waals surface area contributed by atoms with E-state index in [-0.39, 0.29) is 11.8 Å². The highest BCUT2D eigenvalue weighted by molar-refractivity contribution is 5.92. The van der Waals surface area contributed by atoms with Crippen molar-refractivity contribution < 1.29 is 9.59 Å². The summed E-state index contributed by atoms with van der Waals surface area (Å²) in [5.41, 5.74) is 0.715. The lowest BCUT2D eigenvalue weighted by Gasteiger charge is -2.35. The molecule has 2 rings (SSSR count). The van der Waals surface area contributed by atoms with Gasteiger partial charge in [-0.05, 0) is 26.0 Å². The number of carbonyl (C=O) groups is 2. The minimum Gasteiger partial charge on any atom is -0.347 e. The van der Waals surface area contributed by atoms with Crippen LogP contribution in [0.2, 0.25) is 0 Å². The number of hydrogen-bond acceptors (Lipinski definition) is 3. The fraction of sp³-hybridized carbons (Fsp3) is 0.625. The molecule has 1 saturated heterocycles. The molecular weight excluding hydrogens is 280 g/mol. The first-order valence-corrected chi connectivity index (χ1v) is 7.97. The summed E-state index contributed by atoms with van der Waals surface area (Å²) in [4.78, 5) is 30.4. The van der Waals surface area contributed by atoms with E-state index in [2.05, 4.69) is 4.90 Å². The van der Waals surface area contributed by atoms with E-state index >= 15 is 0 Å². The summed E-state index contributed by atoms with van der Waals surface area (Å²) in [5, 5.41) is 0. The molecule has 0 aromatic carbocycles. The van der Waals surface area contributed by atoms with Crippen LogP contribution in [0.1, 0.15) is 24.3 Å². The van der Waals surface area contributed by atoms with Gasteiger partial charge in [-0.1, -0.05) is 0 Å². The average molecular weight is 306 g/mol. The first-order valence-electron chi connectivity index (χ1n) is 7.97. The van der Waals surface area contributed by atoms with Gasteiger partial charge in [0.1, 0.15) is 5.69 Å². The molecule has 0 saturated carbocycles. The van der Waals surface area contributed by atoms with Crippen LogP contribution in [-0.2, 0) is 11.8 Å². The Hall–Kier alpha value is -1.82. The molecule has 0 N–H and O–H groups in total. The van der Waals surface area contributed by atoms with Crippen molar-refractivity contribution in [2.75, 3.05) is 45.8 Å². The Bertz CT molecular complexity index is 514. The number of nitrogens with zero attached hydrogens (tertiary/aromatic N) is 4. The summed E-state index contributed by atoms with van der Waals surface area (Å²) in [5.74, 6) is 0.245. The van der Waals surface area contributed by atoms with Crippen LogP contribution < -0.4 is 0 Å². The Labute approximate surface area is 132 Å². The van der Waals surface area contributed by atoms with Crippen molar-refractivity contribution in [1.82, 2.24) is 19.3 Å². The van der Waals surface area contributed by atoms with Gasteiger partial charge in [0, 0.05) is 52.5 Å². The van der Waals surface area contributed by atoms with Crippen molar-refractivity contribution in [3.8, 4) is 0 Å². The highest BCUT2D eigenvalue weighted by Gasteiger charge is 2.25. The number of amides is 2. The maximum absolute atomic E-state index is 12.4. The van der Waals surface area contributed by atoms with E-state index in [0.717, 1.165) is 26.2 Å². The number of carbonyl (C=O) groups excluding carboxylic acids is 2. The van der Waals surface area contributed by atoms with E-state index in [0.29, 0.717) is 25.3 Å². The Kier molecular flexibility index (Phi) is 5.60. The fourth-order valence-electron chi connectivity index (χ4n) is 2.82. The van der Waals surface area contributed by atoms with Crippen LogP contribution in [-0.4, -0.2) is 76.9 Å². The van der Waals surface area contributed by atoms with Crippen molar-refractivity contribution in [2.45, 2.75) is 13.8 Å². The molecule has 0 spiro atoms. The number of aryl methyl sites for hydroxylation is 1. The molecular formula is C16H26N4O2. The Balaban J connectivity index is 1.84. The van der Waals surface area contributed by atoms with E-state index in [9.17, 15) is 9.59 Å². The van der Waals surface area contributed by atoms with E-state index < -0.39 is 0 Å². The Morgan fingerprint density at radius 1 is 1.14 bits per heavy atom. The molecule has 0 unspecified atom stereocenters. The molecule has 2 heterocycles. The lowest BCUT2D eigenvalue weighted by Crippen LogP contribution is -2.51. The van der Waals surface area contributed by atoms with Crippen molar-refractivity contribution in [3.05, 3.63) is 24.0 Å². The van der Waals surface area contributed by atoms with Gasteiger partial charge in [0.25, 0.3) is 5.91 Å². The number of hydrogen-bond donors (Lipinski definition) is 0. The van der Waals surface area contributed by atoms with Crippen LogP contribution in [0, 0.1) is 0 Å². The Morgan fingerprint density at radius 3 is 2.27 bits per heavy atom. The molecule has 1 fully saturated rings. The van der Waals surface area contributed by atoms with Gasteiger partial charge in [-0.15, -0.1) is 0 Å². The van der Waals surface area contributed by atoms with Gasteiger partial charge >= 0.3 is 0 Å². The first kappa shape index (κ1) is 16.5. The molecule has 0 atom stereocenters. The highest BCUT2D eigenvalue weighted by Crippen LogP contribution is 2.09. The summed E-state index contributed by atoms with van der Waals surface area (Å²) in [6.45, 7) is 8.81. The predicted molar refractivity (Wildman–Crippen MR) is 85.7 cm³/mol. The lowest BCUT2D eigenvalue weighted by atomic mass is 10.2. The normalized spacial score (nSPS) is 15.9. The first-order chi connectivity index (χ1) is 10.6. The molecule has 0 bridgehead atoms. The molecule has 122 valence electrons. The maximum atomic E-state index is 12.4.